The van der Waals surface area contributed by atoms with Crippen molar-refractivity contribution < 1.29 is 9.32 Å². The minimum absolute atomic E-state index is 0.0103. The number of aryl methyl sites for hydroxylation is 1. The van der Waals surface area contributed by atoms with E-state index in [0.717, 1.165) is 23.1 Å². The largest absolute Gasteiger partial charge is 0.348 e. The smallest absolute Gasteiger partial charge is 0.253 e. The quantitative estimate of drug-likeness (QED) is 0.605. The zero-order chi connectivity index (χ0) is 18.4. The van der Waals surface area contributed by atoms with Crippen molar-refractivity contribution in [2.75, 3.05) is 13.1 Å². The van der Waals surface area contributed by atoms with Gasteiger partial charge >= 0.3 is 0 Å². The average Bonchev–Trinajstić information content (AvgIpc) is 3.44. The summed E-state index contributed by atoms with van der Waals surface area (Å²) in [6, 6.07) is 9.41. The minimum atomic E-state index is 0.0103. The maximum atomic E-state index is 12.8. The Hall–Kier alpha value is -3.42. The van der Waals surface area contributed by atoms with E-state index in [1.165, 1.54) is 0 Å². The van der Waals surface area contributed by atoms with Crippen LogP contribution in [-0.2, 0) is 7.05 Å². The van der Waals surface area contributed by atoms with Gasteiger partial charge in [0.1, 0.15) is 0 Å². The molecule has 3 aromatic heterocycles. The minimum Gasteiger partial charge on any atom is -0.348 e. The Labute approximate surface area is 154 Å². The Morgan fingerprint density at radius 1 is 1.33 bits per heavy atom. The molecule has 1 aromatic carbocycles. The molecule has 1 aliphatic rings. The molecule has 1 atom stereocenters. The lowest BCUT2D eigenvalue weighted by Crippen LogP contribution is -2.28. The van der Waals surface area contributed by atoms with Crippen molar-refractivity contribution in [2.24, 2.45) is 7.05 Å². The van der Waals surface area contributed by atoms with E-state index in [0.29, 0.717) is 30.4 Å². The lowest BCUT2D eigenvalue weighted by molar-refractivity contribution is 0.0789. The second kappa shape index (κ2) is 6.08. The monoisotopic (exact) mass is 362 g/mol. The molecule has 136 valence electrons. The highest BCUT2D eigenvalue weighted by Crippen LogP contribution is 2.29. The SMILES string of the molecule is Cn1cccc1-c1noc(C2CCN(C(=O)c3ccc4nc[nH]c4c3)C2)n1. The van der Waals surface area contributed by atoms with Crippen LogP contribution in [0.1, 0.15) is 28.6 Å². The fourth-order valence-corrected chi connectivity index (χ4v) is 3.60. The van der Waals surface area contributed by atoms with Gasteiger partial charge in [-0.3, -0.25) is 4.79 Å². The van der Waals surface area contributed by atoms with E-state index >= 15 is 0 Å². The molecule has 8 heteroatoms. The fraction of sp³-hybridized carbons (Fsp3) is 0.263. The number of aromatic nitrogens is 5. The molecule has 8 nitrogen and oxygen atoms in total. The van der Waals surface area contributed by atoms with Crippen LogP contribution in [0.3, 0.4) is 0 Å². The van der Waals surface area contributed by atoms with E-state index in [1.54, 1.807) is 6.33 Å². The number of amides is 1. The third-order valence-electron chi connectivity index (χ3n) is 5.11. The van der Waals surface area contributed by atoms with Crippen molar-refractivity contribution in [3.63, 3.8) is 0 Å². The fourth-order valence-electron chi connectivity index (χ4n) is 3.60. The number of benzene rings is 1. The molecule has 0 aliphatic carbocycles. The van der Waals surface area contributed by atoms with Crippen LogP contribution in [0.2, 0.25) is 0 Å². The molecule has 5 rings (SSSR count). The van der Waals surface area contributed by atoms with E-state index < -0.39 is 0 Å². The second-order valence-corrected chi connectivity index (χ2v) is 6.83. The van der Waals surface area contributed by atoms with Gasteiger partial charge in [0.2, 0.25) is 11.7 Å². The first-order valence-corrected chi connectivity index (χ1v) is 8.87. The molecule has 27 heavy (non-hydrogen) atoms. The highest BCUT2D eigenvalue weighted by Gasteiger charge is 2.32. The van der Waals surface area contributed by atoms with Crippen LogP contribution >= 0.6 is 0 Å². The van der Waals surface area contributed by atoms with Gasteiger partial charge in [0.15, 0.2) is 0 Å². The maximum Gasteiger partial charge on any atom is 0.253 e. The number of fused-ring (bicyclic) bond motifs is 1. The summed E-state index contributed by atoms with van der Waals surface area (Å²) in [5.74, 6) is 1.24. The van der Waals surface area contributed by atoms with Crippen LogP contribution in [0.25, 0.3) is 22.6 Å². The highest BCUT2D eigenvalue weighted by atomic mass is 16.5. The summed E-state index contributed by atoms with van der Waals surface area (Å²) < 4.78 is 7.43. The van der Waals surface area contributed by atoms with E-state index in [2.05, 4.69) is 20.1 Å². The Balaban J connectivity index is 1.33. The zero-order valence-electron chi connectivity index (χ0n) is 14.8. The van der Waals surface area contributed by atoms with E-state index in [1.807, 2.05) is 53.0 Å². The highest BCUT2D eigenvalue weighted by molar-refractivity contribution is 5.97. The zero-order valence-corrected chi connectivity index (χ0v) is 14.8. The molecule has 1 aliphatic heterocycles. The van der Waals surface area contributed by atoms with Gasteiger partial charge in [-0.15, -0.1) is 0 Å². The molecule has 4 heterocycles. The molecule has 0 saturated carbocycles. The summed E-state index contributed by atoms with van der Waals surface area (Å²) in [5, 5.41) is 4.10. The van der Waals surface area contributed by atoms with Crippen molar-refractivity contribution in [3.8, 4) is 11.5 Å². The Morgan fingerprint density at radius 3 is 3.11 bits per heavy atom. The number of aromatic amines is 1. The third-order valence-corrected chi connectivity index (χ3v) is 5.11. The van der Waals surface area contributed by atoms with E-state index in [9.17, 15) is 4.79 Å². The number of carbonyl (C=O) groups excluding carboxylic acids is 1. The maximum absolute atomic E-state index is 12.8. The summed E-state index contributed by atoms with van der Waals surface area (Å²) in [6.45, 7) is 1.25. The number of H-pyrrole nitrogens is 1. The predicted molar refractivity (Wildman–Crippen MR) is 98.1 cm³/mol. The van der Waals surface area contributed by atoms with E-state index in [4.69, 9.17) is 4.52 Å². The van der Waals surface area contributed by atoms with Gasteiger partial charge in [-0.1, -0.05) is 5.16 Å². The van der Waals surface area contributed by atoms with Crippen molar-refractivity contribution in [1.82, 2.24) is 29.6 Å². The van der Waals surface area contributed by atoms with Crippen LogP contribution in [0, 0.1) is 0 Å². The molecule has 0 spiro atoms. The van der Waals surface area contributed by atoms with Gasteiger partial charge in [0.25, 0.3) is 5.91 Å². The van der Waals surface area contributed by atoms with Crippen molar-refractivity contribution in [2.45, 2.75) is 12.3 Å². The number of hydrogen-bond donors (Lipinski definition) is 1. The molecule has 1 N–H and O–H groups in total. The summed E-state index contributed by atoms with van der Waals surface area (Å²) in [7, 11) is 1.94. The van der Waals surface area contributed by atoms with Crippen LogP contribution in [0.5, 0.6) is 0 Å². The number of likely N-dealkylation sites (tertiary alicyclic amines) is 1. The molecule has 1 amide bonds. The van der Waals surface area contributed by atoms with Gasteiger partial charge in [0.05, 0.1) is 29.0 Å². The summed E-state index contributed by atoms with van der Waals surface area (Å²) >= 11 is 0. The number of hydrogen-bond acceptors (Lipinski definition) is 5. The van der Waals surface area contributed by atoms with Crippen LogP contribution in [0.15, 0.2) is 47.4 Å². The lowest BCUT2D eigenvalue weighted by Gasteiger charge is -2.15. The molecule has 0 radical (unpaired) electrons. The van der Waals surface area contributed by atoms with Crippen molar-refractivity contribution in [1.29, 1.82) is 0 Å². The number of carbonyl (C=O) groups is 1. The van der Waals surface area contributed by atoms with Crippen molar-refractivity contribution >= 4 is 16.9 Å². The molecule has 1 saturated heterocycles. The molecule has 0 bridgehead atoms. The summed E-state index contributed by atoms with van der Waals surface area (Å²) in [5.41, 5.74) is 3.27. The standard InChI is InChI=1S/C19H18N6O2/c1-24-7-2-3-16(24)17-22-18(27-23-17)13-6-8-25(10-13)19(26)12-4-5-14-15(9-12)21-11-20-14/h2-5,7,9,11,13H,6,8,10H2,1H3,(H,20,21). The van der Waals surface area contributed by atoms with Gasteiger partial charge in [0, 0.05) is 31.9 Å². The lowest BCUT2D eigenvalue weighted by atomic mass is 10.1. The first-order valence-electron chi connectivity index (χ1n) is 8.87. The second-order valence-electron chi connectivity index (χ2n) is 6.83. The van der Waals surface area contributed by atoms with Gasteiger partial charge in [-0.2, -0.15) is 4.98 Å². The van der Waals surface area contributed by atoms with Gasteiger partial charge < -0.3 is 19.0 Å². The predicted octanol–water partition coefficient (Wildman–Crippen LogP) is 2.58. The Morgan fingerprint density at radius 2 is 2.26 bits per heavy atom. The van der Waals surface area contributed by atoms with Crippen LogP contribution in [0.4, 0.5) is 0 Å². The molecule has 1 unspecified atom stereocenters. The molecule has 4 aromatic rings. The summed E-state index contributed by atoms with van der Waals surface area (Å²) in [4.78, 5) is 26.5. The third kappa shape index (κ3) is 2.69. The van der Waals surface area contributed by atoms with Crippen LogP contribution in [-0.4, -0.2) is 48.6 Å². The molecular weight excluding hydrogens is 344 g/mol. The normalized spacial score (nSPS) is 17.1. The molecule has 1 fully saturated rings. The first kappa shape index (κ1) is 15.8. The van der Waals surface area contributed by atoms with Crippen LogP contribution < -0.4 is 0 Å². The van der Waals surface area contributed by atoms with Gasteiger partial charge in [-0.05, 0) is 36.8 Å². The Kier molecular flexibility index (Phi) is 3.56. The van der Waals surface area contributed by atoms with E-state index in [-0.39, 0.29) is 11.8 Å². The number of imidazole rings is 1. The topological polar surface area (TPSA) is 92.8 Å². The number of nitrogens with one attached hydrogen (secondary N) is 1. The molecular formula is C19H18N6O2. The average molecular weight is 362 g/mol. The number of nitrogens with zero attached hydrogens (tertiary/aromatic N) is 5. The van der Waals surface area contributed by atoms with Crippen molar-refractivity contribution in [3.05, 3.63) is 54.3 Å². The Bertz CT molecular complexity index is 1120. The van der Waals surface area contributed by atoms with Gasteiger partial charge in [-0.25, -0.2) is 4.98 Å². The first-order chi connectivity index (χ1) is 13.2. The number of rotatable bonds is 3. The summed E-state index contributed by atoms with van der Waals surface area (Å²) in [6.07, 6.45) is 4.38.